The van der Waals surface area contributed by atoms with Crippen LogP contribution in [-0.4, -0.2) is 5.92 Å². The summed E-state index contributed by atoms with van der Waals surface area (Å²) in [6.07, 6.45) is 2.88. The molecule has 60 valence electrons. The molecule has 0 saturated heterocycles. The Balaban J connectivity index is 2.46. The lowest BCUT2D eigenvalue weighted by Gasteiger charge is -2.15. The maximum atomic E-state index is 12.7. The molecule has 0 radical (unpaired) electrons. The standard InChI is InChI=1S/C8H14F2/c1-7-4-2-3-5-8(9,10)6-7/h7H,2-6H2,1H3. The van der Waals surface area contributed by atoms with Gasteiger partial charge >= 0.3 is 0 Å². The Morgan fingerprint density at radius 2 is 2.00 bits per heavy atom. The second-order valence-electron chi connectivity index (χ2n) is 3.41. The molecule has 1 rings (SSSR count). The fourth-order valence-electron chi connectivity index (χ4n) is 1.59. The molecular formula is C8H14F2. The van der Waals surface area contributed by atoms with E-state index < -0.39 is 5.92 Å². The Hall–Kier alpha value is -0.140. The van der Waals surface area contributed by atoms with Gasteiger partial charge < -0.3 is 0 Å². The Kier molecular flexibility index (Phi) is 2.27. The number of hydrogen-bond donors (Lipinski definition) is 0. The topological polar surface area (TPSA) is 0 Å². The van der Waals surface area contributed by atoms with Crippen LogP contribution in [0.4, 0.5) is 8.78 Å². The van der Waals surface area contributed by atoms with Gasteiger partial charge in [0.05, 0.1) is 0 Å². The second-order valence-corrected chi connectivity index (χ2v) is 3.41. The Labute approximate surface area is 60.6 Å². The van der Waals surface area contributed by atoms with Crippen LogP contribution in [-0.2, 0) is 0 Å². The summed E-state index contributed by atoms with van der Waals surface area (Å²) in [5, 5.41) is 0. The van der Waals surface area contributed by atoms with Gasteiger partial charge in [-0.15, -0.1) is 0 Å². The predicted molar refractivity (Wildman–Crippen MR) is 37.2 cm³/mol. The van der Waals surface area contributed by atoms with Gasteiger partial charge in [-0.1, -0.05) is 19.8 Å². The molecule has 1 aliphatic rings. The second kappa shape index (κ2) is 2.85. The molecule has 0 N–H and O–H groups in total. The molecule has 10 heavy (non-hydrogen) atoms. The minimum Gasteiger partial charge on any atom is -0.207 e. The number of alkyl halides is 2. The summed E-state index contributed by atoms with van der Waals surface area (Å²) >= 11 is 0. The van der Waals surface area contributed by atoms with Crippen molar-refractivity contribution in [3.8, 4) is 0 Å². The summed E-state index contributed by atoms with van der Waals surface area (Å²) < 4.78 is 25.4. The highest BCUT2D eigenvalue weighted by atomic mass is 19.3. The molecule has 2 heteroatoms. The molecule has 0 spiro atoms. The van der Waals surface area contributed by atoms with Crippen LogP contribution in [0.25, 0.3) is 0 Å². The first-order valence-corrected chi connectivity index (χ1v) is 3.98. The van der Waals surface area contributed by atoms with Crippen molar-refractivity contribution in [1.29, 1.82) is 0 Å². The van der Waals surface area contributed by atoms with Crippen LogP contribution in [0.2, 0.25) is 0 Å². The molecule has 1 unspecified atom stereocenters. The quantitative estimate of drug-likeness (QED) is 0.463. The molecular weight excluding hydrogens is 134 g/mol. The van der Waals surface area contributed by atoms with E-state index in [1.807, 2.05) is 6.92 Å². The Bertz CT molecular complexity index is 110. The average molecular weight is 148 g/mol. The summed E-state index contributed by atoms with van der Waals surface area (Å²) in [5.74, 6) is -2.15. The first-order chi connectivity index (χ1) is 4.60. The highest BCUT2D eigenvalue weighted by molar-refractivity contribution is 4.73. The van der Waals surface area contributed by atoms with Crippen molar-refractivity contribution in [1.82, 2.24) is 0 Å². The van der Waals surface area contributed by atoms with Crippen LogP contribution in [0.3, 0.4) is 0 Å². The van der Waals surface area contributed by atoms with Gasteiger partial charge in [0, 0.05) is 12.8 Å². The van der Waals surface area contributed by atoms with Crippen molar-refractivity contribution in [2.45, 2.75) is 45.0 Å². The molecule has 1 saturated carbocycles. The molecule has 1 aliphatic carbocycles. The highest BCUT2D eigenvalue weighted by Gasteiger charge is 2.32. The smallest absolute Gasteiger partial charge is 0.207 e. The zero-order valence-electron chi connectivity index (χ0n) is 6.37. The first-order valence-electron chi connectivity index (χ1n) is 3.98. The van der Waals surface area contributed by atoms with Gasteiger partial charge in [0.25, 0.3) is 0 Å². The minimum atomic E-state index is -2.37. The van der Waals surface area contributed by atoms with Crippen LogP contribution in [0.15, 0.2) is 0 Å². The fraction of sp³-hybridized carbons (Fsp3) is 1.00. The van der Waals surface area contributed by atoms with Crippen molar-refractivity contribution in [2.75, 3.05) is 0 Å². The van der Waals surface area contributed by atoms with E-state index in [1.165, 1.54) is 0 Å². The van der Waals surface area contributed by atoms with Gasteiger partial charge in [0.2, 0.25) is 5.92 Å². The van der Waals surface area contributed by atoms with E-state index in [2.05, 4.69) is 0 Å². The molecule has 1 atom stereocenters. The monoisotopic (exact) mass is 148 g/mol. The lowest BCUT2D eigenvalue weighted by Crippen LogP contribution is -2.16. The third kappa shape index (κ3) is 2.24. The molecule has 0 bridgehead atoms. The largest absolute Gasteiger partial charge is 0.248 e. The Morgan fingerprint density at radius 3 is 2.70 bits per heavy atom. The van der Waals surface area contributed by atoms with Crippen molar-refractivity contribution >= 4 is 0 Å². The summed E-state index contributed by atoms with van der Waals surface area (Å²) in [6.45, 7) is 1.92. The van der Waals surface area contributed by atoms with E-state index in [9.17, 15) is 8.78 Å². The number of hydrogen-bond acceptors (Lipinski definition) is 0. The van der Waals surface area contributed by atoms with Gasteiger partial charge in [0.1, 0.15) is 0 Å². The van der Waals surface area contributed by atoms with E-state index in [0.29, 0.717) is 6.42 Å². The average Bonchev–Trinajstić information content (AvgIpc) is 1.90. The molecule has 0 amide bonds. The van der Waals surface area contributed by atoms with Crippen molar-refractivity contribution in [3.05, 3.63) is 0 Å². The highest BCUT2D eigenvalue weighted by Crippen LogP contribution is 2.34. The van der Waals surface area contributed by atoms with Gasteiger partial charge in [-0.3, -0.25) is 0 Å². The van der Waals surface area contributed by atoms with Crippen LogP contribution in [0.1, 0.15) is 39.0 Å². The van der Waals surface area contributed by atoms with Crippen molar-refractivity contribution in [2.24, 2.45) is 5.92 Å². The van der Waals surface area contributed by atoms with E-state index in [4.69, 9.17) is 0 Å². The van der Waals surface area contributed by atoms with Crippen molar-refractivity contribution in [3.63, 3.8) is 0 Å². The number of rotatable bonds is 0. The third-order valence-corrected chi connectivity index (χ3v) is 2.14. The maximum absolute atomic E-state index is 12.7. The summed E-state index contributed by atoms with van der Waals surface area (Å²) in [7, 11) is 0. The van der Waals surface area contributed by atoms with E-state index in [0.717, 1.165) is 12.8 Å². The summed E-state index contributed by atoms with van der Waals surface area (Å²) in [5.41, 5.74) is 0. The van der Waals surface area contributed by atoms with Crippen molar-refractivity contribution < 1.29 is 8.78 Å². The van der Waals surface area contributed by atoms with Gasteiger partial charge in [0.15, 0.2) is 0 Å². The van der Waals surface area contributed by atoms with E-state index in [1.54, 1.807) is 0 Å². The number of halogens is 2. The van der Waals surface area contributed by atoms with Gasteiger partial charge in [-0.2, -0.15) is 0 Å². The Morgan fingerprint density at radius 1 is 1.30 bits per heavy atom. The summed E-state index contributed by atoms with van der Waals surface area (Å²) in [6, 6.07) is 0. The van der Waals surface area contributed by atoms with E-state index in [-0.39, 0.29) is 18.8 Å². The zero-order chi connectivity index (χ0) is 7.61. The molecule has 0 aromatic carbocycles. The van der Waals surface area contributed by atoms with Crippen LogP contribution in [0.5, 0.6) is 0 Å². The van der Waals surface area contributed by atoms with Crippen LogP contribution >= 0.6 is 0 Å². The molecule has 0 heterocycles. The van der Waals surface area contributed by atoms with Crippen LogP contribution in [0, 0.1) is 5.92 Å². The molecule has 1 fully saturated rings. The predicted octanol–water partition coefficient (Wildman–Crippen LogP) is 3.22. The van der Waals surface area contributed by atoms with E-state index >= 15 is 0 Å². The molecule has 0 nitrogen and oxygen atoms in total. The lowest BCUT2D eigenvalue weighted by atomic mass is 10.0. The molecule has 0 aromatic heterocycles. The molecule has 0 aromatic rings. The SMILES string of the molecule is CC1CCCCC(F)(F)C1. The maximum Gasteiger partial charge on any atom is 0.248 e. The molecule has 0 aliphatic heterocycles. The fourth-order valence-corrected chi connectivity index (χ4v) is 1.59. The first kappa shape index (κ1) is 7.96. The minimum absolute atomic E-state index is 0.104. The third-order valence-electron chi connectivity index (χ3n) is 2.14. The summed E-state index contributed by atoms with van der Waals surface area (Å²) in [4.78, 5) is 0. The lowest BCUT2D eigenvalue weighted by molar-refractivity contribution is -0.0232. The van der Waals surface area contributed by atoms with Gasteiger partial charge in [-0.25, -0.2) is 8.78 Å². The van der Waals surface area contributed by atoms with Crippen LogP contribution < -0.4 is 0 Å². The van der Waals surface area contributed by atoms with Gasteiger partial charge in [-0.05, 0) is 12.3 Å². The normalized spacial score (nSPS) is 33.3. The zero-order valence-corrected chi connectivity index (χ0v) is 6.37.